The van der Waals surface area contributed by atoms with Gasteiger partial charge < -0.3 is 15.9 Å². The topological polar surface area (TPSA) is 76.4 Å². The van der Waals surface area contributed by atoms with E-state index in [2.05, 4.69) is 17.7 Å². The van der Waals surface area contributed by atoms with Crippen LogP contribution in [0.3, 0.4) is 0 Å². The summed E-state index contributed by atoms with van der Waals surface area (Å²) in [6.07, 6.45) is 6.43. The summed E-state index contributed by atoms with van der Waals surface area (Å²) in [6.45, 7) is 4.80. The Hall–Kier alpha value is -0.910. The van der Waals surface area contributed by atoms with Crippen molar-refractivity contribution in [3.05, 3.63) is 12.2 Å². The lowest BCUT2D eigenvalue weighted by Crippen LogP contribution is -2.31. The molecule has 0 unspecified atom stereocenters. The molecule has 0 atom stereocenters. The minimum atomic E-state index is -0.352. The molecule has 0 aromatic rings. The van der Waals surface area contributed by atoms with Gasteiger partial charge in [0.25, 0.3) is 0 Å². The van der Waals surface area contributed by atoms with Crippen LogP contribution in [0.2, 0.25) is 0 Å². The zero-order valence-corrected chi connectivity index (χ0v) is 10.00. The predicted octanol–water partition coefficient (Wildman–Crippen LogP) is 0.329. The number of carbonyl (C=O) groups is 1. The number of nitrogens with two attached hydrogens (primary N) is 1. The number of allylic oxidation sites excluding steroid dienone is 1. The molecule has 0 saturated heterocycles. The van der Waals surface area contributed by atoms with Gasteiger partial charge in [0.15, 0.2) is 0 Å². The second-order valence-corrected chi connectivity index (χ2v) is 3.40. The average Bonchev–Trinajstić information content (AvgIpc) is 2.29. The van der Waals surface area contributed by atoms with Crippen molar-refractivity contribution in [2.45, 2.75) is 26.2 Å². The maximum Gasteiger partial charge on any atom is 0.349 e. The van der Waals surface area contributed by atoms with Crippen molar-refractivity contribution in [3.63, 3.8) is 0 Å². The molecule has 0 fully saturated rings. The van der Waals surface area contributed by atoms with Gasteiger partial charge >= 0.3 is 5.97 Å². The SMILES string of the molecule is CCCCC=CC(=O)ONCCNCCN. The Balaban J connectivity index is 3.26. The highest BCUT2D eigenvalue weighted by Gasteiger charge is 1.95. The molecule has 0 aliphatic rings. The van der Waals surface area contributed by atoms with Crippen molar-refractivity contribution in [2.75, 3.05) is 26.2 Å². The third-order valence-corrected chi connectivity index (χ3v) is 1.88. The first-order valence-corrected chi connectivity index (χ1v) is 5.82. The summed E-state index contributed by atoms with van der Waals surface area (Å²) in [5, 5.41) is 3.07. The monoisotopic (exact) mass is 229 g/mol. The summed E-state index contributed by atoms with van der Waals surface area (Å²) in [7, 11) is 0. The fourth-order valence-corrected chi connectivity index (χ4v) is 1.02. The van der Waals surface area contributed by atoms with Crippen molar-refractivity contribution in [1.82, 2.24) is 10.8 Å². The third kappa shape index (κ3) is 11.2. The van der Waals surface area contributed by atoms with Crippen LogP contribution in [0.5, 0.6) is 0 Å². The van der Waals surface area contributed by atoms with Crippen LogP contribution < -0.4 is 16.5 Å². The van der Waals surface area contributed by atoms with Gasteiger partial charge in [-0.25, -0.2) is 4.79 Å². The first kappa shape index (κ1) is 15.1. The quantitative estimate of drug-likeness (QED) is 0.286. The Kier molecular flexibility index (Phi) is 11.5. The van der Waals surface area contributed by atoms with Gasteiger partial charge in [-0.05, 0) is 6.42 Å². The molecular formula is C11H23N3O2. The van der Waals surface area contributed by atoms with E-state index in [-0.39, 0.29) is 5.97 Å². The smallest absolute Gasteiger partial charge is 0.349 e. The van der Waals surface area contributed by atoms with E-state index in [0.717, 1.165) is 32.4 Å². The van der Waals surface area contributed by atoms with Crippen molar-refractivity contribution < 1.29 is 9.63 Å². The maximum atomic E-state index is 11.1. The van der Waals surface area contributed by atoms with E-state index in [0.29, 0.717) is 13.1 Å². The molecule has 0 aromatic carbocycles. The second-order valence-electron chi connectivity index (χ2n) is 3.40. The number of rotatable bonds is 10. The Morgan fingerprint density at radius 1 is 1.38 bits per heavy atom. The van der Waals surface area contributed by atoms with Crippen LogP contribution in [0.15, 0.2) is 12.2 Å². The third-order valence-electron chi connectivity index (χ3n) is 1.88. The number of hydrogen-bond donors (Lipinski definition) is 3. The van der Waals surface area contributed by atoms with Gasteiger partial charge in [-0.1, -0.05) is 25.8 Å². The Morgan fingerprint density at radius 2 is 2.19 bits per heavy atom. The minimum Gasteiger partial charge on any atom is -0.367 e. The molecule has 0 aromatic heterocycles. The molecule has 0 heterocycles. The van der Waals surface area contributed by atoms with Gasteiger partial charge in [0.05, 0.1) is 0 Å². The second kappa shape index (κ2) is 12.2. The lowest BCUT2D eigenvalue weighted by Gasteiger charge is -2.04. The van der Waals surface area contributed by atoms with Crippen molar-refractivity contribution >= 4 is 5.97 Å². The van der Waals surface area contributed by atoms with E-state index in [9.17, 15) is 4.79 Å². The number of nitrogens with one attached hydrogen (secondary N) is 2. The van der Waals surface area contributed by atoms with E-state index in [1.54, 1.807) is 0 Å². The molecule has 0 radical (unpaired) electrons. The highest BCUT2D eigenvalue weighted by Crippen LogP contribution is 1.94. The summed E-state index contributed by atoms with van der Waals surface area (Å²) in [4.78, 5) is 15.8. The Morgan fingerprint density at radius 3 is 2.88 bits per heavy atom. The number of carbonyl (C=O) groups excluding carboxylic acids is 1. The molecule has 0 saturated carbocycles. The number of hydrogen-bond acceptors (Lipinski definition) is 5. The molecule has 0 aliphatic heterocycles. The Bertz CT molecular complexity index is 196. The van der Waals surface area contributed by atoms with Gasteiger partial charge in [0.2, 0.25) is 0 Å². The van der Waals surface area contributed by atoms with Crippen LogP contribution in [0.25, 0.3) is 0 Å². The van der Waals surface area contributed by atoms with E-state index in [1.807, 2.05) is 6.08 Å². The summed E-state index contributed by atoms with van der Waals surface area (Å²) < 4.78 is 0. The molecule has 0 bridgehead atoms. The minimum absolute atomic E-state index is 0.352. The zero-order valence-electron chi connectivity index (χ0n) is 10.00. The van der Waals surface area contributed by atoms with Crippen LogP contribution in [0.4, 0.5) is 0 Å². The van der Waals surface area contributed by atoms with Crippen molar-refractivity contribution in [2.24, 2.45) is 5.73 Å². The molecule has 4 N–H and O–H groups in total. The van der Waals surface area contributed by atoms with E-state index >= 15 is 0 Å². The lowest BCUT2D eigenvalue weighted by molar-refractivity contribution is -0.144. The van der Waals surface area contributed by atoms with Crippen LogP contribution in [0, 0.1) is 0 Å². The van der Waals surface area contributed by atoms with Crippen LogP contribution in [-0.4, -0.2) is 32.1 Å². The summed E-state index contributed by atoms with van der Waals surface area (Å²) >= 11 is 0. The zero-order chi connectivity index (χ0) is 12.1. The average molecular weight is 229 g/mol. The number of unbranched alkanes of at least 4 members (excludes halogenated alkanes) is 2. The fourth-order valence-electron chi connectivity index (χ4n) is 1.02. The molecule has 5 nitrogen and oxygen atoms in total. The van der Waals surface area contributed by atoms with Crippen molar-refractivity contribution in [3.8, 4) is 0 Å². The first-order chi connectivity index (χ1) is 7.81. The van der Waals surface area contributed by atoms with E-state index in [1.165, 1.54) is 6.08 Å². The lowest BCUT2D eigenvalue weighted by atomic mass is 10.2. The van der Waals surface area contributed by atoms with E-state index < -0.39 is 0 Å². The first-order valence-electron chi connectivity index (χ1n) is 5.82. The predicted molar refractivity (Wildman–Crippen MR) is 64.7 cm³/mol. The molecule has 0 amide bonds. The van der Waals surface area contributed by atoms with Gasteiger partial charge in [-0.2, -0.15) is 5.48 Å². The molecule has 5 heteroatoms. The van der Waals surface area contributed by atoms with Crippen LogP contribution in [0.1, 0.15) is 26.2 Å². The van der Waals surface area contributed by atoms with Crippen LogP contribution >= 0.6 is 0 Å². The van der Waals surface area contributed by atoms with E-state index in [4.69, 9.17) is 10.6 Å². The van der Waals surface area contributed by atoms with Gasteiger partial charge in [-0.15, -0.1) is 0 Å². The van der Waals surface area contributed by atoms with Gasteiger partial charge in [0, 0.05) is 32.3 Å². The standard InChI is InChI=1S/C11H23N3O2/c1-2-3-4-5-6-11(15)16-14-10-9-13-8-7-12/h5-6,13-14H,2-4,7-10,12H2,1H3. The molecular weight excluding hydrogens is 206 g/mol. The maximum absolute atomic E-state index is 11.1. The van der Waals surface area contributed by atoms with Crippen LogP contribution in [-0.2, 0) is 9.63 Å². The fraction of sp³-hybridized carbons (Fsp3) is 0.727. The molecule has 0 rings (SSSR count). The normalized spacial score (nSPS) is 10.9. The largest absolute Gasteiger partial charge is 0.367 e. The van der Waals surface area contributed by atoms with Gasteiger partial charge in [-0.3, -0.25) is 0 Å². The Labute approximate surface area is 97.4 Å². The van der Waals surface area contributed by atoms with Gasteiger partial charge in [0.1, 0.15) is 0 Å². The highest BCUT2D eigenvalue weighted by atomic mass is 16.7. The molecule has 16 heavy (non-hydrogen) atoms. The highest BCUT2D eigenvalue weighted by molar-refractivity contribution is 5.81. The molecule has 94 valence electrons. The molecule has 0 aliphatic carbocycles. The summed E-state index contributed by atoms with van der Waals surface area (Å²) in [5.74, 6) is -0.352. The number of hydroxylamine groups is 1. The summed E-state index contributed by atoms with van der Waals surface area (Å²) in [6, 6.07) is 0. The van der Waals surface area contributed by atoms with Crippen molar-refractivity contribution in [1.29, 1.82) is 0 Å². The summed E-state index contributed by atoms with van der Waals surface area (Å²) in [5.41, 5.74) is 7.87. The molecule has 0 spiro atoms.